The van der Waals surface area contributed by atoms with Crippen molar-refractivity contribution in [1.82, 2.24) is 10.2 Å². The van der Waals surface area contributed by atoms with Crippen LogP contribution in [0.2, 0.25) is 0 Å². The number of rotatable bonds is 2. The molecular weight excluding hydrogens is 252 g/mol. The van der Waals surface area contributed by atoms with Crippen LogP contribution < -0.4 is 5.32 Å². The highest BCUT2D eigenvalue weighted by molar-refractivity contribution is 5.92. The van der Waals surface area contributed by atoms with Gasteiger partial charge in [-0.2, -0.15) is 10.4 Å². The number of nitriles is 1. The molecule has 0 aromatic carbocycles. The molecule has 2 rings (SSSR count). The summed E-state index contributed by atoms with van der Waals surface area (Å²) in [5.41, 5.74) is 0.695. The van der Waals surface area contributed by atoms with Crippen molar-refractivity contribution in [1.29, 1.82) is 5.26 Å². The zero-order chi connectivity index (χ0) is 14.8. The number of carbonyl (C=O) groups excluding carboxylic acids is 1. The summed E-state index contributed by atoms with van der Waals surface area (Å²) >= 11 is 0. The lowest BCUT2D eigenvalue weighted by molar-refractivity contribution is -0.121. The molecule has 2 N–H and O–H groups in total. The van der Waals surface area contributed by atoms with E-state index in [1.807, 2.05) is 6.07 Å². The van der Waals surface area contributed by atoms with Crippen molar-refractivity contribution in [2.75, 3.05) is 5.32 Å². The second kappa shape index (κ2) is 5.66. The van der Waals surface area contributed by atoms with E-state index in [0.717, 1.165) is 25.7 Å². The van der Waals surface area contributed by atoms with Crippen LogP contribution in [0.5, 0.6) is 0 Å². The van der Waals surface area contributed by atoms with Crippen molar-refractivity contribution >= 4 is 11.7 Å². The van der Waals surface area contributed by atoms with E-state index in [9.17, 15) is 4.79 Å². The maximum Gasteiger partial charge on any atom is 0.228 e. The topological polar surface area (TPSA) is 81.6 Å². The van der Waals surface area contributed by atoms with Crippen molar-refractivity contribution in [3.05, 3.63) is 11.8 Å². The Morgan fingerprint density at radius 1 is 1.40 bits per heavy atom. The maximum absolute atomic E-state index is 12.2. The van der Waals surface area contributed by atoms with E-state index in [-0.39, 0.29) is 11.8 Å². The number of aromatic amines is 1. The Labute approximate surface area is 119 Å². The van der Waals surface area contributed by atoms with Crippen LogP contribution >= 0.6 is 0 Å². The quantitative estimate of drug-likeness (QED) is 0.869. The molecule has 1 amide bonds. The zero-order valence-electron chi connectivity index (χ0n) is 12.4. The normalized spacial score (nSPS) is 23.1. The minimum atomic E-state index is -0.00175. The lowest BCUT2D eigenvalue weighted by atomic mass is 9.69. The van der Waals surface area contributed by atoms with Gasteiger partial charge in [-0.25, -0.2) is 0 Å². The molecule has 1 aliphatic carbocycles. The second-order valence-electron chi connectivity index (χ2n) is 6.67. The molecule has 5 heteroatoms. The third-order valence-corrected chi connectivity index (χ3v) is 4.33. The summed E-state index contributed by atoms with van der Waals surface area (Å²) in [6, 6.07) is 2.00. The van der Waals surface area contributed by atoms with Crippen LogP contribution in [0.4, 0.5) is 5.82 Å². The van der Waals surface area contributed by atoms with Crippen LogP contribution in [0.15, 0.2) is 6.20 Å². The van der Waals surface area contributed by atoms with Crippen LogP contribution in [-0.4, -0.2) is 16.1 Å². The third kappa shape index (κ3) is 3.19. The van der Waals surface area contributed by atoms with E-state index >= 15 is 0 Å². The van der Waals surface area contributed by atoms with Gasteiger partial charge >= 0.3 is 0 Å². The first-order valence-corrected chi connectivity index (χ1v) is 7.16. The van der Waals surface area contributed by atoms with E-state index < -0.39 is 0 Å². The summed E-state index contributed by atoms with van der Waals surface area (Å²) < 4.78 is 0. The van der Waals surface area contributed by atoms with E-state index in [1.54, 1.807) is 0 Å². The molecule has 0 unspecified atom stereocenters. The molecule has 1 aromatic heterocycles. The Bertz CT molecular complexity index is 513. The third-order valence-electron chi connectivity index (χ3n) is 4.33. The van der Waals surface area contributed by atoms with Crippen LogP contribution in [0.1, 0.15) is 52.0 Å². The first-order valence-electron chi connectivity index (χ1n) is 7.16. The number of nitrogens with one attached hydrogen (secondary N) is 2. The van der Waals surface area contributed by atoms with Gasteiger partial charge in [-0.05, 0) is 37.0 Å². The lowest BCUT2D eigenvalue weighted by Gasteiger charge is -2.36. The number of carbonyl (C=O) groups is 1. The Morgan fingerprint density at radius 2 is 2.05 bits per heavy atom. The van der Waals surface area contributed by atoms with Gasteiger partial charge in [-0.1, -0.05) is 20.8 Å². The Hall–Kier alpha value is -1.83. The van der Waals surface area contributed by atoms with Gasteiger partial charge in [0.25, 0.3) is 0 Å². The molecule has 108 valence electrons. The fraction of sp³-hybridized carbons (Fsp3) is 0.667. The molecule has 0 atom stereocenters. The molecule has 1 heterocycles. The second-order valence-corrected chi connectivity index (χ2v) is 6.67. The highest BCUT2D eigenvalue weighted by Gasteiger charge is 2.32. The van der Waals surface area contributed by atoms with Crippen molar-refractivity contribution in [2.24, 2.45) is 17.3 Å². The molecular formula is C15H22N4O. The van der Waals surface area contributed by atoms with E-state index in [0.29, 0.717) is 22.7 Å². The number of hydrogen-bond acceptors (Lipinski definition) is 3. The molecule has 1 aliphatic rings. The molecule has 0 radical (unpaired) electrons. The monoisotopic (exact) mass is 274 g/mol. The molecule has 1 fully saturated rings. The minimum Gasteiger partial charge on any atom is -0.310 e. The summed E-state index contributed by atoms with van der Waals surface area (Å²) in [7, 11) is 0. The number of nitrogens with zero attached hydrogens (tertiary/aromatic N) is 2. The number of H-pyrrole nitrogens is 1. The number of amides is 1. The van der Waals surface area contributed by atoms with Crippen LogP contribution in [0, 0.1) is 28.6 Å². The Kier molecular flexibility index (Phi) is 4.12. The highest BCUT2D eigenvalue weighted by Crippen LogP contribution is 2.40. The van der Waals surface area contributed by atoms with Crippen molar-refractivity contribution < 1.29 is 4.79 Å². The molecule has 20 heavy (non-hydrogen) atoms. The lowest BCUT2D eigenvalue weighted by Crippen LogP contribution is -2.31. The van der Waals surface area contributed by atoms with Crippen LogP contribution in [-0.2, 0) is 4.79 Å². The minimum absolute atomic E-state index is 0.00175. The Balaban J connectivity index is 1.91. The number of anilines is 1. The summed E-state index contributed by atoms with van der Waals surface area (Å²) in [5, 5.41) is 18.1. The highest BCUT2D eigenvalue weighted by atomic mass is 16.1. The standard InChI is InChI=1S/C15H22N4O/c1-15(2,3)12-6-4-10(5-7-12)14(20)18-13-11(8-16)9-17-19-13/h9-10,12H,4-7H2,1-3H3,(H2,17,18,19,20). The predicted octanol–water partition coefficient (Wildman–Crippen LogP) is 3.07. The van der Waals surface area contributed by atoms with Gasteiger partial charge in [0, 0.05) is 5.92 Å². The maximum atomic E-state index is 12.2. The van der Waals surface area contributed by atoms with E-state index in [1.165, 1.54) is 6.20 Å². The summed E-state index contributed by atoms with van der Waals surface area (Å²) in [6.07, 6.45) is 5.45. The van der Waals surface area contributed by atoms with E-state index in [2.05, 4.69) is 36.3 Å². The molecule has 0 saturated heterocycles. The predicted molar refractivity (Wildman–Crippen MR) is 76.8 cm³/mol. The van der Waals surface area contributed by atoms with Gasteiger partial charge in [-0.3, -0.25) is 9.89 Å². The number of aromatic nitrogens is 2. The largest absolute Gasteiger partial charge is 0.310 e. The summed E-state index contributed by atoms with van der Waals surface area (Å²) in [4.78, 5) is 12.2. The van der Waals surface area contributed by atoms with Crippen molar-refractivity contribution in [3.63, 3.8) is 0 Å². The van der Waals surface area contributed by atoms with Gasteiger partial charge in [0.15, 0.2) is 0 Å². The van der Waals surface area contributed by atoms with E-state index in [4.69, 9.17) is 5.26 Å². The van der Waals surface area contributed by atoms with Crippen molar-refractivity contribution in [2.45, 2.75) is 46.5 Å². The SMILES string of the molecule is CC(C)(C)C1CCC(C(=O)Nc2[nH]ncc2C#N)CC1. The molecule has 5 nitrogen and oxygen atoms in total. The van der Waals surface area contributed by atoms with Gasteiger partial charge in [0.1, 0.15) is 17.5 Å². The van der Waals surface area contributed by atoms with Crippen molar-refractivity contribution in [3.8, 4) is 6.07 Å². The number of hydrogen-bond donors (Lipinski definition) is 2. The molecule has 0 aliphatic heterocycles. The first-order chi connectivity index (χ1) is 9.41. The molecule has 0 spiro atoms. The fourth-order valence-corrected chi connectivity index (χ4v) is 2.91. The van der Waals surface area contributed by atoms with Gasteiger partial charge in [0.2, 0.25) is 5.91 Å². The summed E-state index contributed by atoms with van der Waals surface area (Å²) in [5.74, 6) is 1.14. The smallest absolute Gasteiger partial charge is 0.228 e. The van der Waals surface area contributed by atoms with Gasteiger partial charge in [-0.15, -0.1) is 0 Å². The zero-order valence-corrected chi connectivity index (χ0v) is 12.4. The average molecular weight is 274 g/mol. The Morgan fingerprint density at radius 3 is 2.60 bits per heavy atom. The van der Waals surface area contributed by atoms with Crippen LogP contribution in [0.25, 0.3) is 0 Å². The summed E-state index contributed by atoms with van der Waals surface area (Å²) in [6.45, 7) is 6.80. The van der Waals surface area contributed by atoms with Gasteiger partial charge < -0.3 is 5.32 Å². The molecule has 0 bridgehead atoms. The molecule has 1 saturated carbocycles. The fourth-order valence-electron chi connectivity index (χ4n) is 2.91. The molecule has 1 aromatic rings. The first kappa shape index (κ1) is 14.6. The average Bonchev–Trinajstić information content (AvgIpc) is 2.85. The van der Waals surface area contributed by atoms with Crippen LogP contribution in [0.3, 0.4) is 0 Å². The van der Waals surface area contributed by atoms with Gasteiger partial charge in [0.05, 0.1) is 6.20 Å².